The molecular formula is C20H12N4O2. The van der Waals surface area contributed by atoms with Gasteiger partial charge in [0.25, 0.3) is 0 Å². The first-order valence-corrected chi connectivity index (χ1v) is 7.63. The van der Waals surface area contributed by atoms with Gasteiger partial charge in [-0.3, -0.25) is 0 Å². The van der Waals surface area contributed by atoms with E-state index in [1.165, 1.54) is 12.2 Å². The van der Waals surface area contributed by atoms with Crippen molar-refractivity contribution in [3.8, 4) is 23.9 Å². The summed E-state index contributed by atoms with van der Waals surface area (Å²) < 4.78 is 11.6. The van der Waals surface area contributed by atoms with Gasteiger partial charge in [0.2, 0.25) is 12.4 Å². The number of ether oxygens (including phenoxy) is 2. The van der Waals surface area contributed by atoms with E-state index in [4.69, 9.17) is 20.0 Å². The second-order valence-electron chi connectivity index (χ2n) is 5.04. The minimum atomic E-state index is 0.277. The predicted octanol–water partition coefficient (Wildman–Crippen LogP) is 3.77. The van der Waals surface area contributed by atoms with E-state index in [1.54, 1.807) is 36.7 Å². The monoisotopic (exact) mass is 340 g/mol. The number of aliphatic imine (C=N–C) groups is 2. The number of benzene rings is 2. The van der Waals surface area contributed by atoms with Gasteiger partial charge in [0.15, 0.2) is 11.5 Å². The lowest BCUT2D eigenvalue weighted by atomic mass is 10.1. The van der Waals surface area contributed by atoms with Gasteiger partial charge in [-0.1, -0.05) is 36.4 Å². The fourth-order valence-electron chi connectivity index (χ4n) is 2.22. The van der Waals surface area contributed by atoms with Crippen molar-refractivity contribution in [3.63, 3.8) is 0 Å². The van der Waals surface area contributed by atoms with Crippen LogP contribution in [0.5, 0.6) is 11.5 Å². The van der Waals surface area contributed by atoms with E-state index in [-0.39, 0.29) is 11.4 Å². The molecule has 2 aromatic carbocycles. The van der Waals surface area contributed by atoms with Crippen molar-refractivity contribution < 1.29 is 9.47 Å². The Balaban J connectivity index is 1.96. The summed E-state index contributed by atoms with van der Waals surface area (Å²) in [7, 11) is 0. The Morgan fingerprint density at radius 3 is 1.35 bits per heavy atom. The molecule has 3 rings (SSSR count). The second kappa shape index (κ2) is 8.09. The molecule has 1 aliphatic rings. The second-order valence-corrected chi connectivity index (χ2v) is 5.04. The van der Waals surface area contributed by atoms with Gasteiger partial charge in [-0.05, 0) is 24.3 Å². The minimum absolute atomic E-state index is 0.277. The summed E-state index contributed by atoms with van der Waals surface area (Å²) in [6.45, 7) is 0. The molecule has 6 nitrogen and oxygen atoms in total. The first-order chi connectivity index (χ1) is 12.8. The molecule has 0 aromatic heterocycles. The fraction of sp³-hybridized carbons (Fsp3) is 0. The van der Waals surface area contributed by atoms with Crippen LogP contribution >= 0.6 is 0 Å². The lowest BCUT2D eigenvalue weighted by Gasteiger charge is -2.17. The zero-order valence-electron chi connectivity index (χ0n) is 13.5. The standard InChI is InChI=1S/C20H12N4O2/c21-13-23-17-12-20(26-16-9-5-2-6-10-16)18(24-14-22)11-19(17)25-15-7-3-1-4-8-15/h1-12H/b23-17-,24-18-. The maximum absolute atomic E-state index is 8.97. The summed E-state index contributed by atoms with van der Waals surface area (Å²) in [6, 6.07) is 18.1. The van der Waals surface area contributed by atoms with E-state index >= 15 is 0 Å². The van der Waals surface area contributed by atoms with Gasteiger partial charge in [0, 0.05) is 12.2 Å². The van der Waals surface area contributed by atoms with Crippen LogP contribution in [0.4, 0.5) is 0 Å². The summed E-state index contributed by atoms with van der Waals surface area (Å²) in [4.78, 5) is 7.56. The fourth-order valence-corrected chi connectivity index (χ4v) is 2.22. The molecule has 0 saturated carbocycles. The molecule has 0 heterocycles. The molecule has 0 fully saturated rings. The SMILES string of the molecule is N#C/N=C1C=C(Oc2ccccc2)/C(=N\C#N)C=C/1Oc1ccccc1. The van der Waals surface area contributed by atoms with Crippen LogP contribution in [-0.4, -0.2) is 11.4 Å². The smallest absolute Gasteiger partial charge is 0.206 e. The Kier molecular flexibility index (Phi) is 5.19. The van der Waals surface area contributed by atoms with Crippen LogP contribution in [0.3, 0.4) is 0 Å². The largest absolute Gasteiger partial charge is 0.455 e. The van der Waals surface area contributed by atoms with Crippen molar-refractivity contribution in [3.05, 3.63) is 84.3 Å². The van der Waals surface area contributed by atoms with Crippen LogP contribution in [-0.2, 0) is 0 Å². The Hall–Kier alpha value is -4.16. The molecular weight excluding hydrogens is 328 g/mol. The van der Waals surface area contributed by atoms with Gasteiger partial charge in [0.05, 0.1) is 0 Å². The van der Waals surface area contributed by atoms with Crippen LogP contribution in [0, 0.1) is 22.9 Å². The summed E-state index contributed by atoms with van der Waals surface area (Å²) >= 11 is 0. The van der Waals surface area contributed by atoms with E-state index in [9.17, 15) is 0 Å². The molecule has 26 heavy (non-hydrogen) atoms. The van der Waals surface area contributed by atoms with Crippen molar-refractivity contribution in [2.24, 2.45) is 9.98 Å². The van der Waals surface area contributed by atoms with Crippen LogP contribution in [0.1, 0.15) is 0 Å². The highest BCUT2D eigenvalue weighted by Crippen LogP contribution is 2.22. The summed E-state index contributed by atoms with van der Waals surface area (Å²) in [5.41, 5.74) is 0.554. The number of allylic oxidation sites excluding steroid dienone is 2. The molecule has 0 radical (unpaired) electrons. The van der Waals surface area contributed by atoms with Crippen LogP contribution in [0.25, 0.3) is 0 Å². The Morgan fingerprint density at radius 1 is 0.615 bits per heavy atom. The van der Waals surface area contributed by atoms with Crippen LogP contribution < -0.4 is 9.47 Å². The van der Waals surface area contributed by atoms with Gasteiger partial charge in [0.1, 0.15) is 22.9 Å². The highest BCUT2D eigenvalue weighted by molar-refractivity contribution is 6.22. The Bertz CT molecular complexity index is 908. The van der Waals surface area contributed by atoms with Gasteiger partial charge in [-0.25, -0.2) is 0 Å². The van der Waals surface area contributed by atoms with Gasteiger partial charge < -0.3 is 9.47 Å². The molecule has 0 aliphatic heterocycles. The lowest BCUT2D eigenvalue weighted by molar-refractivity contribution is 0.442. The van der Waals surface area contributed by atoms with Crippen molar-refractivity contribution in [2.45, 2.75) is 0 Å². The normalized spacial score (nSPS) is 16.2. The summed E-state index contributed by atoms with van der Waals surface area (Å²) in [6.07, 6.45) is 6.53. The van der Waals surface area contributed by atoms with E-state index in [1.807, 2.05) is 36.4 Å². The van der Waals surface area contributed by atoms with Crippen molar-refractivity contribution >= 4 is 11.4 Å². The van der Waals surface area contributed by atoms with Crippen LogP contribution in [0.15, 0.2) is 94.3 Å². The van der Waals surface area contributed by atoms with E-state index in [0.29, 0.717) is 23.0 Å². The molecule has 2 aromatic rings. The quantitative estimate of drug-likeness (QED) is 0.626. The topological polar surface area (TPSA) is 90.8 Å². The Labute approximate surface area is 150 Å². The predicted molar refractivity (Wildman–Crippen MR) is 96.4 cm³/mol. The third-order valence-electron chi connectivity index (χ3n) is 3.32. The number of nitriles is 2. The molecule has 0 unspecified atom stereocenters. The molecule has 0 spiro atoms. The van der Waals surface area contributed by atoms with E-state index in [2.05, 4.69) is 9.98 Å². The zero-order chi connectivity index (χ0) is 18.2. The average molecular weight is 340 g/mol. The zero-order valence-corrected chi connectivity index (χ0v) is 13.5. The van der Waals surface area contributed by atoms with Gasteiger partial charge in [-0.15, -0.1) is 0 Å². The van der Waals surface area contributed by atoms with Crippen LogP contribution in [0.2, 0.25) is 0 Å². The maximum Gasteiger partial charge on any atom is 0.206 e. The van der Waals surface area contributed by atoms with Gasteiger partial charge in [-0.2, -0.15) is 20.5 Å². The molecule has 0 saturated heterocycles. The molecule has 1 aliphatic carbocycles. The molecule has 0 amide bonds. The third-order valence-corrected chi connectivity index (χ3v) is 3.32. The molecule has 0 bridgehead atoms. The van der Waals surface area contributed by atoms with Crippen molar-refractivity contribution in [1.82, 2.24) is 0 Å². The van der Waals surface area contributed by atoms with Gasteiger partial charge >= 0.3 is 0 Å². The lowest BCUT2D eigenvalue weighted by Crippen LogP contribution is -2.20. The number of hydrogen-bond donors (Lipinski definition) is 0. The highest BCUT2D eigenvalue weighted by atomic mass is 16.5. The Morgan fingerprint density at radius 2 is 1.00 bits per heavy atom. The highest BCUT2D eigenvalue weighted by Gasteiger charge is 2.21. The summed E-state index contributed by atoms with van der Waals surface area (Å²) in [5, 5.41) is 17.9. The number of hydrogen-bond acceptors (Lipinski definition) is 6. The van der Waals surface area contributed by atoms with E-state index < -0.39 is 0 Å². The number of para-hydroxylation sites is 2. The summed E-state index contributed by atoms with van der Waals surface area (Å²) in [5.74, 6) is 1.74. The average Bonchev–Trinajstić information content (AvgIpc) is 2.67. The molecule has 0 atom stereocenters. The molecule has 0 N–H and O–H groups in total. The number of rotatable bonds is 4. The van der Waals surface area contributed by atoms with E-state index in [0.717, 1.165) is 0 Å². The number of nitrogens with zero attached hydrogens (tertiary/aromatic N) is 4. The third kappa shape index (κ3) is 4.02. The van der Waals surface area contributed by atoms with Crippen molar-refractivity contribution in [1.29, 1.82) is 10.5 Å². The molecule has 124 valence electrons. The maximum atomic E-state index is 8.97. The first-order valence-electron chi connectivity index (χ1n) is 7.63. The first kappa shape index (κ1) is 16.7. The minimum Gasteiger partial charge on any atom is -0.455 e. The molecule has 6 heteroatoms. The van der Waals surface area contributed by atoms with Crippen molar-refractivity contribution in [2.75, 3.05) is 0 Å².